The fourth-order valence-electron chi connectivity index (χ4n) is 2.67. The van der Waals surface area contributed by atoms with Gasteiger partial charge in [0.2, 0.25) is 0 Å². The predicted octanol–water partition coefficient (Wildman–Crippen LogP) is 1.63. The summed E-state index contributed by atoms with van der Waals surface area (Å²) in [7, 11) is 0. The molecule has 0 bridgehead atoms. The molecule has 2 heterocycles. The van der Waals surface area contributed by atoms with E-state index in [1.165, 1.54) is 24.3 Å². The summed E-state index contributed by atoms with van der Waals surface area (Å²) in [5.74, 6) is 0. The molecule has 1 aromatic heterocycles. The predicted molar refractivity (Wildman–Crippen MR) is 81.3 cm³/mol. The third-order valence-electron chi connectivity index (χ3n) is 3.94. The number of hydrogen-bond donors (Lipinski definition) is 1. The molecule has 1 fully saturated rings. The average molecular weight is 270 g/mol. The van der Waals surface area contributed by atoms with Gasteiger partial charge in [-0.2, -0.15) is 5.10 Å². The number of hydrogen-bond acceptors (Lipinski definition) is 3. The number of aryl methyl sites for hydroxylation is 1. The molecule has 0 spiro atoms. The van der Waals surface area contributed by atoms with Crippen LogP contribution >= 0.6 is 0 Å². The third kappa shape index (κ3) is 3.08. The summed E-state index contributed by atoms with van der Waals surface area (Å²) in [5, 5.41) is 7.73. The minimum Gasteiger partial charge on any atom is -0.314 e. The number of rotatable bonds is 4. The van der Waals surface area contributed by atoms with Crippen molar-refractivity contribution in [3.05, 3.63) is 47.8 Å². The molecular weight excluding hydrogens is 248 g/mol. The van der Waals surface area contributed by atoms with Gasteiger partial charge in [-0.05, 0) is 37.1 Å². The summed E-state index contributed by atoms with van der Waals surface area (Å²) in [4.78, 5) is 2.53. The molecule has 0 aliphatic carbocycles. The molecule has 0 saturated carbocycles. The maximum absolute atomic E-state index is 4.34. The van der Waals surface area contributed by atoms with Crippen LogP contribution in [0.15, 0.2) is 36.5 Å². The Labute approximate surface area is 120 Å². The number of benzene rings is 1. The van der Waals surface area contributed by atoms with E-state index in [-0.39, 0.29) is 0 Å². The summed E-state index contributed by atoms with van der Waals surface area (Å²) in [6, 6.07) is 10.8. The molecular formula is C16H22N4. The standard InChI is InChI=1S/C16H22N4/c1-14-6-8-18-20(14)16-4-2-15(3-5-16)7-11-19-12-9-17-10-13-19/h2-6,8,17H,7,9-13H2,1H3. The Kier molecular flexibility index (Phi) is 4.14. The second-order valence-corrected chi connectivity index (χ2v) is 5.39. The van der Waals surface area contributed by atoms with Crippen molar-refractivity contribution < 1.29 is 0 Å². The highest BCUT2D eigenvalue weighted by molar-refractivity contribution is 5.35. The highest BCUT2D eigenvalue weighted by atomic mass is 15.3. The van der Waals surface area contributed by atoms with Gasteiger partial charge in [0, 0.05) is 44.6 Å². The lowest BCUT2D eigenvalue weighted by Crippen LogP contribution is -2.44. The van der Waals surface area contributed by atoms with Gasteiger partial charge in [-0.15, -0.1) is 0 Å². The zero-order valence-corrected chi connectivity index (χ0v) is 12.0. The molecule has 4 nitrogen and oxygen atoms in total. The number of nitrogens with zero attached hydrogens (tertiary/aromatic N) is 3. The molecule has 0 atom stereocenters. The quantitative estimate of drug-likeness (QED) is 0.916. The Bertz CT molecular complexity index is 538. The van der Waals surface area contributed by atoms with Crippen LogP contribution in [0.5, 0.6) is 0 Å². The molecule has 1 N–H and O–H groups in total. The Balaban J connectivity index is 1.60. The van der Waals surface area contributed by atoms with Crippen LogP contribution in [0.4, 0.5) is 0 Å². The fraction of sp³-hybridized carbons (Fsp3) is 0.438. The molecule has 1 aliphatic rings. The van der Waals surface area contributed by atoms with E-state index < -0.39 is 0 Å². The van der Waals surface area contributed by atoms with Crippen LogP contribution in [0.2, 0.25) is 0 Å². The van der Waals surface area contributed by atoms with Crippen LogP contribution < -0.4 is 5.32 Å². The molecule has 1 saturated heterocycles. The number of aromatic nitrogens is 2. The van der Waals surface area contributed by atoms with Gasteiger partial charge in [0.15, 0.2) is 0 Å². The van der Waals surface area contributed by atoms with Gasteiger partial charge in [-0.3, -0.25) is 0 Å². The largest absolute Gasteiger partial charge is 0.314 e. The number of piperazine rings is 1. The minimum absolute atomic E-state index is 1.12. The highest BCUT2D eigenvalue weighted by Crippen LogP contribution is 2.12. The zero-order chi connectivity index (χ0) is 13.8. The van der Waals surface area contributed by atoms with Crippen LogP contribution in [0.25, 0.3) is 5.69 Å². The average Bonchev–Trinajstić information content (AvgIpc) is 2.93. The van der Waals surface area contributed by atoms with Gasteiger partial charge in [0.05, 0.1) is 5.69 Å². The molecule has 0 amide bonds. The lowest BCUT2D eigenvalue weighted by molar-refractivity contribution is 0.244. The second-order valence-electron chi connectivity index (χ2n) is 5.39. The molecule has 1 aromatic carbocycles. The van der Waals surface area contributed by atoms with Crippen molar-refractivity contribution >= 4 is 0 Å². The SMILES string of the molecule is Cc1ccnn1-c1ccc(CCN2CCNCC2)cc1. The highest BCUT2D eigenvalue weighted by Gasteiger charge is 2.09. The summed E-state index contributed by atoms with van der Waals surface area (Å²) < 4.78 is 1.97. The molecule has 3 rings (SSSR count). The molecule has 20 heavy (non-hydrogen) atoms. The first-order valence-corrected chi connectivity index (χ1v) is 7.36. The van der Waals surface area contributed by atoms with Gasteiger partial charge in [-0.25, -0.2) is 4.68 Å². The fourth-order valence-corrected chi connectivity index (χ4v) is 2.67. The van der Waals surface area contributed by atoms with Gasteiger partial charge in [0.1, 0.15) is 0 Å². The van der Waals surface area contributed by atoms with E-state index in [2.05, 4.69) is 46.5 Å². The van der Waals surface area contributed by atoms with Crippen molar-refractivity contribution in [2.75, 3.05) is 32.7 Å². The van der Waals surface area contributed by atoms with Gasteiger partial charge in [-0.1, -0.05) is 12.1 Å². The maximum Gasteiger partial charge on any atom is 0.0648 e. The first-order chi connectivity index (χ1) is 9.83. The van der Waals surface area contributed by atoms with Crippen molar-refractivity contribution in [3.8, 4) is 5.69 Å². The Morgan fingerprint density at radius 3 is 2.50 bits per heavy atom. The van der Waals surface area contributed by atoms with Crippen LogP contribution in [-0.2, 0) is 6.42 Å². The van der Waals surface area contributed by atoms with Crippen LogP contribution in [0.1, 0.15) is 11.3 Å². The molecule has 1 aliphatic heterocycles. The second kappa shape index (κ2) is 6.20. The molecule has 2 aromatic rings. The topological polar surface area (TPSA) is 33.1 Å². The van der Waals surface area contributed by atoms with Crippen LogP contribution in [0, 0.1) is 6.92 Å². The van der Waals surface area contributed by atoms with Gasteiger partial charge < -0.3 is 10.2 Å². The Morgan fingerprint density at radius 1 is 1.10 bits per heavy atom. The lowest BCUT2D eigenvalue weighted by atomic mass is 10.1. The third-order valence-corrected chi connectivity index (χ3v) is 3.94. The van der Waals surface area contributed by atoms with E-state index in [4.69, 9.17) is 0 Å². The molecule has 106 valence electrons. The smallest absolute Gasteiger partial charge is 0.0648 e. The Hall–Kier alpha value is -1.65. The van der Waals surface area contributed by atoms with E-state index in [1.807, 2.05) is 16.9 Å². The molecule has 0 unspecified atom stereocenters. The monoisotopic (exact) mass is 270 g/mol. The van der Waals surface area contributed by atoms with Crippen molar-refractivity contribution in [1.29, 1.82) is 0 Å². The van der Waals surface area contributed by atoms with E-state index in [0.717, 1.165) is 31.7 Å². The van der Waals surface area contributed by atoms with Gasteiger partial charge in [0.25, 0.3) is 0 Å². The van der Waals surface area contributed by atoms with E-state index in [9.17, 15) is 0 Å². The summed E-state index contributed by atoms with van der Waals surface area (Å²) in [6.45, 7) is 7.82. The van der Waals surface area contributed by atoms with E-state index in [1.54, 1.807) is 0 Å². The van der Waals surface area contributed by atoms with E-state index >= 15 is 0 Å². The summed E-state index contributed by atoms with van der Waals surface area (Å²) in [5.41, 5.74) is 3.70. The van der Waals surface area contributed by atoms with Crippen LogP contribution in [-0.4, -0.2) is 47.4 Å². The lowest BCUT2D eigenvalue weighted by Gasteiger charge is -2.27. The first kappa shape index (κ1) is 13.3. The summed E-state index contributed by atoms with van der Waals surface area (Å²) >= 11 is 0. The van der Waals surface area contributed by atoms with E-state index in [0.29, 0.717) is 0 Å². The zero-order valence-electron chi connectivity index (χ0n) is 12.0. The molecule has 4 heteroatoms. The minimum atomic E-state index is 1.12. The van der Waals surface area contributed by atoms with Crippen molar-refractivity contribution in [2.24, 2.45) is 0 Å². The van der Waals surface area contributed by atoms with Gasteiger partial charge >= 0.3 is 0 Å². The maximum atomic E-state index is 4.34. The Morgan fingerprint density at radius 2 is 1.85 bits per heavy atom. The van der Waals surface area contributed by atoms with Crippen molar-refractivity contribution in [2.45, 2.75) is 13.3 Å². The first-order valence-electron chi connectivity index (χ1n) is 7.36. The van der Waals surface area contributed by atoms with Crippen molar-refractivity contribution in [1.82, 2.24) is 20.0 Å². The summed E-state index contributed by atoms with van der Waals surface area (Å²) in [6.07, 6.45) is 2.96. The van der Waals surface area contributed by atoms with Crippen molar-refractivity contribution in [3.63, 3.8) is 0 Å². The molecule has 0 radical (unpaired) electrons. The number of nitrogens with one attached hydrogen (secondary N) is 1. The normalized spacial score (nSPS) is 16.4. The van der Waals surface area contributed by atoms with Crippen LogP contribution in [0.3, 0.4) is 0 Å².